The van der Waals surface area contributed by atoms with Gasteiger partial charge in [-0.15, -0.1) is 5.10 Å². The molecule has 4 rings (SSSR count). The Balaban J connectivity index is 1.39. The maximum absolute atomic E-state index is 12.8. The Bertz CT molecular complexity index is 905. The normalized spacial score (nSPS) is 15.9. The van der Waals surface area contributed by atoms with Crippen molar-refractivity contribution in [1.82, 2.24) is 34.8 Å². The molecule has 0 saturated carbocycles. The highest BCUT2D eigenvalue weighted by Crippen LogP contribution is 2.23. The lowest BCUT2D eigenvalue weighted by molar-refractivity contribution is 0.0689. The molecule has 0 aliphatic carbocycles. The van der Waals surface area contributed by atoms with Crippen LogP contribution in [0, 0.1) is 0 Å². The first-order valence-electron chi connectivity index (χ1n) is 8.88. The van der Waals surface area contributed by atoms with Gasteiger partial charge < -0.3 is 14.8 Å². The molecule has 0 unspecified atom stereocenters. The Morgan fingerprint density at radius 3 is 2.88 bits per heavy atom. The minimum Gasteiger partial charge on any atom is -0.345 e. The van der Waals surface area contributed by atoms with Gasteiger partial charge in [-0.1, -0.05) is 5.21 Å². The van der Waals surface area contributed by atoms with Crippen molar-refractivity contribution in [2.45, 2.75) is 25.4 Å². The fourth-order valence-electron chi connectivity index (χ4n) is 3.47. The summed E-state index contributed by atoms with van der Waals surface area (Å²) in [6.07, 6.45) is 5.45. The topological polar surface area (TPSA) is 82.9 Å². The number of nitrogens with one attached hydrogen (secondary N) is 1. The third-order valence-corrected chi connectivity index (χ3v) is 4.83. The maximum atomic E-state index is 12.8. The second-order valence-electron chi connectivity index (χ2n) is 7.09. The number of hydrogen-bond donors (Lipinski definition) is 1. The molecule has 3 aromatic rings. The molecule has 1 aliphatic heterocycles. The van der Waals surface area contributed by atoms with E-state index >= 15 is 0 Å². The zero-order chi connectivity index (χ0) is 18.1. The summed E-state index contributed by atoms with van der Waals surface area (Å²) in [6.45, 7) is 2.24. The number of aromatic nitrogens is 5. The van der Waals surface area contributed by atoms with Crippen molar-refractivity contribution in [3.63, 3.8) is 0 Å². The summed E-state index contributed by atoms with van der Waals surface area (Å²) < 4.78 is 1.96. The molecule has 1 amide bonds. The smallest absolute Gasteiger partial charge is 0.253 e. The summed E-state index contributed by atoms with van der Waals surface area (Å²) >= 11 is 0. The molecule has 0 radical (unpaired) electrons. The fraction of sp³-hybridized carbons (Fsp3) is 0.444. The number of fused-ring (bicyclic) bond motifs is 1. The standard InChI is InChI=1S/C18H23N7O/c1-23(2)10-14-11-25(22-21-14)15-5-7-24(8-6-15)18(26)13-3-4-16-17(9-13)20-12-19-16/h3-4,9,11-12,15H,5-8,10H2,1-2H3,(H,19,20). The zero-order valence-corrected chi connectivity index (χ0v) is 15.1. The van der Waals surface area contributed by atoms with Crippen LogP contribution < -0.4 is 0 Å². The lowest BCUT2D eigenvalue weighted by Crippen LogP contribution is -2.39. The minimum absolute atomic E-state index is 0.0758. The van der Waals surface area contributed by atoms with Crippen molar-refractivity contribution in [2.24, 2.45) is 0 Å². The highest BCUT2D eigenvalue weighted by atomic mass is 16.2. The number of amides is 1. The Labute approximate surface area is 151 Å². The number of benzene rings is 1. The molecule has 1 aromatic carbocycles. The number of H-pyrrole nitrogens is 1. The van der Waals surface area contributed by atoms with Gasteiger partial charge in [-0.2, -0.15) is 0 Å². The summed E-state index contributed by atoms with van der Waals surface area (Å²) in [6, 6.07) is 5.91. The molecular weight excluding hydrogens is 330 g/mol. The molecule has 8 heteroatoms. The van der Waals surface area contributed by atoms with Crippen LogP contribution in [-0.4, -0.2) is 67.9 Å². The molecule has 0 spiro atoms. The van der Waals surface area contributed by atoms with Gasteiger partial charge in [0.15, 0.2) is 0 Å². The van der Waals surface area contributed by atoms with Gasteiger partial charge in [0, 0.05) is 25.2 Å². The molecule has 0 bridgehead atoms. The van der Waals surface area contributed by atoms with Gasteiger partial charge >= 0.3 is 0 Å². The Morgan fingerprint density at radius 1 is 1.31 bits per heavy atom. The van der Waals surface area contributed by atoms with Gasteiger partial charge in [-0.3, -0.25) is 4.79 Å². The number of carbonyl (C=O) groups is 1. The van der Waals surface area contributed by atoms with E-state index in [2.05, 4.69) is 25.2 Å². The van der Waals surface area contributed by atoms with Gasteiger partial charge in [0.1, 0.15) is 0 Å². The van der Waals surface area contributed by atoms with Crippen LogP contribution in [-0.2, 0) is 6.54 Å². The van der Waals surface area contributed by atoms with Gasteiger partial charge in [0.25, 0.3) is 5.91 Å². The van der Waals surface area contributed by atoms with Crippen molar-refractivity contribution >= 4 is 16.9 Å². The molecule has 1 saturated heterocycles. The number of hydrogen-bond acceptors (Lipinski definition) is 5. The van der Waals surface area contributed by atoms with E-state index in [4.69, 9.17) is 0 Å². The van der Waals surface area contributed by atoms with Crippen LogP contribution in [0.5, 0.6) is 0 Å². The average Bonchev–Trinajstić information content (AvgIpc) is 3.29. The van der Waals surface area contributed by atoms with E-state index in [0.29, 0.717) is 11.6 Å². The maximum Gasteiger partial charge on any atom is 0.253 e. The van der Waals surface area contributed by atoms with Gasteiger partial charge in [0.05, 0.1) is 35.3 Å². The number of rotatable bonds is 4. The molecular formula is C18H23N7O. The lowest BCUT2D eigenvalue weighted by Gasteiger charge is -2.31. The second-order valence-corrected chi connectivity index (χ2v) is 7.09. The molecule has 2 aromatic heterocycles. The average molecular weight is 353 g/mol. The number of carbonyl (C=O) groups excluding carboxylic acids is 1. The van der Waals surface area contributed by atoms with Crippen LogP contribution in [0.15, 0.2) is 30.7 Å². The second kappa shape index (κ2) is 6.87. The fourth-order valence-corrected chi connectivity index (χ4v) is 3.47. The van der Waals surface area contributed by atoms with Gasteiger partial charge in [0.2, 0.25) is 0 Å². The predicted molar refractivity (Wildman–Crippen MR) is 97.7 cm³/mol. The predicted octanol–water partition coefficient (Wildman–Crippen LogP) is 1.69. The Morgan fingerprint density at radius 2 is 2.12 bits per heavy atom. The first-order chi connectivity index (χ1) is 12.6. The first kappa shape index (κ1) is 16.7. The van der Waals surface area contributed by atoms with Crippen LogP contribution >= 0.6 is 0 Å². The molecule has 3 heterocycles. The number of likely N-dealkylation sites (tertiary alicyclic amines) is 1. The minimum atomic E-state index is 0.0758. The van der Waals surface area contributed by atoms with Crippen LogP contribution in [0.25, 0.3) is 11.0 Å². The van der Waals surface area contributed by atoms with E-state index in [9.17, 15) is 4.79 Å². The lowest BCUT2D eigenvalue weighted by atomic mass is 10.0. The highest BCUT2D eigenvalue weighted by molar-refractivity contribution is 5.97. The number of nitrogens with zero attached hydrogens (tertiary/aromatic N) is 6. The van der Waals surface area contributed by atoms with E-state index in [-0.39, 0.29) is 5.91 Å². The van der Waals surface area contributed by atoms with Crippen LogP contribution in [0.1, 0.15) is 34.9 Å². The van der Waals surface area contributed by atoms with E-state index in [1.54, 1.807) is 6.33 Å². The summed E-state index contributed by atoms with van der Waals surface area (Å²) in [5.74, 6) is 0.0758. The van der Waals surface area contributed by atoms with Crippen molar-refractivity contribution < 1.29 is 4.79 Å². The largest absolute Gasteiger partial charge is 0.345 e. The van der Waals surface area contributed by atoms with Crippen molar-refractivity contribution in [2.75, 3.05) is 27.2 Å². The van der Waals surface area contributed by atoms with Gasteiger partial charge in [-0.25, -0.2) is 9.67 Å². The van der Waals surface area contributed by atoms with E-state index in [0.717, 1.165) is 49.2 Å². The Kier molecular flexibility index (Phi) is 4.42. The molecule has 1 fully saturated rings. The summed E-state index contributed by atoms with van der Waals surface area (Å²) in [5.41, 5.74) is 3.44. The quantitative estimate of drug-likeness (QED) is 0.772. The van der Waals surface area contributed by atoms with E-state index in [1.807, 2.05) is 48.1 Å². The van der Waals surface area contributed by atoms with Crippen molar-refractivity contribution in [1.29, 1.82) is 0 Å². The summed E-state index contributed by atoms with van der Waals surface area (Å²) in [5, 5.41) is 8.51. The summed E-state index contributed by atoms with van der Waals surface area (Å²) in [4.78, 5) is 24.0. The number of imidazole rings is 1. The van der Waals surface area contributed by atoms with Gasteiger partial charge in [-0.05, 0) is 45.1 Å². The van der Waals surface area contributed by atoms with Crippen molar-refractivity contribution in [3.05, 3.63) is 42.0 Å². The molecule has 0 atom stereocenters. The molecule has 8 nitrogen and oxygen atoms in total. The number of aromatic amines is 1. The summed E-state index contributed by atoms with van der Waals surface area (Å²) in [7, 11) is 4.04. The third kappa shape index (κ3) is 3.32. The molecule has 26 heavy (non-hydrogen) atoms. The van der Waals surface area contributed by atoms with Crippen molar-refractivity contribution in [3.8, 4) is 0 Å². The zero-order valence-electron chi connectivity index (χ0n) is 15.1. The monoisotopic (exact) mass is 353 g/mol. The van der Waals surface area contributed by atoms with Crippen LogP contribution in [0.2, 0.25) is 0 Å². The van der Waals surface area contributed by atoms with Crippen LogP contribution in [0.3, 0.4) is 0 Å². The van der Waals surface area contributed by atoms with E-state index in [1.165, 1.54) is 0 Å². The third-order valence-electron chi connectivity index (χ3n) is 4.83. The Hall–Kier alpha value is -2.74. The first-order valence-corrected chi connectivity index (χ1v) is 8.88. The SMILES string of the molecule is CN(C)Cc1cn(C2CCN(C(=O)c3ccc4nc[nH]c4c3)CC2)nn1. The molecule has 136 valence electrons. The molecule has 1 aliphatic rings. The number of piperidine rings is 1. The highest BCUT2D eigenvalue weighted by Gasteiger charge is 2.25. The van der Waals surface area contributed by atoms with Crippen LogP contribution in [0.4, 0.5) is 0 Å². The molecule has 1 N–H and O–H groups in total. The van der Waals surface area contributed by atoms with E-state index < -0.39 is 0 Å².